The van der Waals surface area contributed by atoms with Crippen molar-refractivity contribution >= 4 is 11.6 Å². The zero-order chi connectivity index (χ0) is 20.8. The van der Waals surface area contributed by atoms with Crippen LogP contribution >= 0.6 is 0 Å². The van der Waals surface area contributed by atoms with Gasteiger partial charge in [-0.1, -0.05) is 19.1 Å². The second kappa shape index (κ2) is 9.01. The fraction of sp³-hybridized carbons (Fsp3) is 0.238. The third-order valence-corrected chi connectivity index (χ3v) is 4.45. The van der Waals surface area contributed by atoms with Crippen LogP contribution in [0, 0.1) is 0 Å². The van der Waals surface area contributed by atoms with Gasteiger partial charge in [0.05, 0.1) is 31.8 Å². The molecule has 150 valence electrons. The van der Waals surface area contributed by atoms with Crippen molar-refractivity contribution in [2.75, 3.05) is 19.5 Å². The van der Waals surface area contributed by atoms with Gasteiger partial charge < -0.3 is 14.8 Å². The van der Waals surface area contributed by atoms with Crippen molar-refractivity contribution in [2.24, 2.45) is 0 Å². The van der Waals surface area contributed by atoms with Gasteiger partial charge in [-0.05, 0) is 42.8 Å². The first kappa shape index (κ1) is 20.1. The maximum atomic E-state index is 12.8. The van der Waals surface area contributed by atoms with Gasteiger partial charge >= 0.3 is 5.69 Å². The van der Waals surface area contributed by atoms with E-state index in [1.807, 2.05) is 0 Å². The van der Waals surface area contributed by atoms with Gasteiger partial charge in [-0.15, -0.1) is 0 Å². The lowest BCUT2D eigenvalue weighted by molar-refractivity contribution is -0.119. The molecule has 3 aromatic rings. The molecular formula is C21H22N4O4. The molecule has 1 amide bonds. The van der Waals surface area contributed by atoms with Gasteiger partial charge in [0.1, 0.15) is 17.5 Å². The van der Waals surface area contributed by atoms with Crippen molar-refractivity contribution in [3.8, 4) is 22.8 Å². The van der Waals surface area contributed by atoms with E-state index >= 15 is 0 Å². The molecule has 2 aromatic carbocycles. The van der Waals surface area contributed by atoms with Crippen LogP contribution in [0.5, 0.6) is 11.5 Å². The normalized spacial score (nSPS) is 11.6. The maximum absolute atomic E-state index is 12.8. The SMILES string of the molecule is CC[C@H](C(=O)Nc1ccccc1OC)n1ncc(-c2ccc(OC)cc2)nc1=O. The summed E-state index contributed by atoms with van der Waals surface area (Å²) in [6.07, 6.45) is 1.85. The smallest absolute Gasteiger partial charge is 0.365 e. The number of carbonyl (C=O) groups is 1. The van der Waals surface area contributed by atoms with E-state index in [1.165, 1.54) is 13.3 Å². The highest BCUT2D eigenvalue weighted by Crippen LogP contribution is 2.24. The first-order valence-electron chi connectivity index (χ1n) is 9.11. The van der Waals surface area contributed by atoms with Crippen LogP contribution in [-0.4, -0.2) is 34.9 Å². The number of amides is 1. The fourth-order valence-electron chi connectivity index (χ4n) is 2.90. The average Bonchev–Trinajstić information content (AvgIpc) is 2.75. The number of methoxy groups -OCH3 is 2. The number of nitrogens with one attached hydrogen (secondary N) is 1. The van der Waals surface area contributed by atoms with Crippen LogP contribution < -0.4 is 20.5 Å². The summed E-state index contributed by atoms with van der Waals surface area (Å²) in [7, 11) is 3.10. The summed E-state index contributed by atoms with van der Waals surface area (Å²) in [5.74, 6) is 0.865. The van der Waals surface area contributed by atoms with Gasteiger partial charge in [-0.25, -0.2) is 9.48 Å². The maximum Gasteiger partial charge on any atom is 0.365 e. The summed E-state index contributed by atoms with van der Waals surface area (Å²) in [5.41, 5.74) is 1.08. The van der Waals surface area contributed by atoms with Crippen molar-refractivity contribution in [3.05, 3.63) is 65.2 Å². The average molecular weight is 394 g/mol. The van der Waals surface area contributed by atoms with E-state index in [-0.39, 0.29) is 5.91 Å². The zero-order valence-corrected chi connectivity index (χ0v) is 16.5. The third kappa shape index (κ3) is 4.43. The Labute approximate surface area is 168 Å². The number of para-hydroxylation sites is 2. The lowest BCUT2D eigenvalue weighted by Gasteiger charge is -2.17. The molecule has 1 aromatic heterocycles. The Hall–Kier alpha value is -3.68. The molecule has 0 unspecified atom stereocenters. The topological polar surface area (TPSA) is 95.3 Å². The number of hydrogen-bond donors (Lipinski definition) is 1. The molecule has 1 N–H and O–H groups in total. The highest BCUT2D eigenvalue weighted by atomic mass is 16.5. The van der Waals surface area contributed by atoms with Crippen molar-refractivity contribution in [1.29, 1.82) is 0 Å². The standard InChI is InChI=1S/C21H22N4O4/c1-4-18(20(26)23-16-7-5-6-8-19(16)29-3)25-21(27)24-17(13-22-25)14-9-11-15(28-2)12-10-14/h5-13,18H,4H2,1-3H3,(H,23,26)/t18-/m1/s1. The highest BCUT2D eigenvalue weighted by molar-refractivity contribution is 5.94. The number of hydrogen-bond acceptors (Lipinski definition) is 6. The molecule has 29 heavy (non-hydrogen) atoms. The Morgan fingerprint density at radius 3 is 2.45 bits per heavy atom. The molecule has 0 bridgehead atoms. The van der Waals surface area contributed by atoms with E-state index in [1.54, 1.807) is 62.6 Å². The van der Waals surface area contributed by atoms with E-state index in [4.69, 9.17) is 9.47 Å². The van der Waals surface area contributed by atoms with Crippen LogP contribution in [0.1, 0.15) is 19.4 Å². The Kier molecular flexibility index (Phi) is 6.23. The molecule has 1 heterocycles. The molecule has 0 saturated carbocycles. The van der Waals surface area contributed by atoms with Crippen LogP contribution in [0.2, 0.25) is 0 Å². The molecular weight excluding hydrogens is 372 g/mol. The second-order valence-corrected chi connectivity index (χ2v) is 6.21. The van der Waals surface area contributed by atoms with Gasteiger partial charge in [0.25, 0.3) is 0 Å². The Bertz CT molecular complexity index is 1050. The number of anilines is 1. The number of rotatable bonds is 7. The monoisotopic (exact) mass is 394 g/mol. The summed E-state index contributed by atoms with van der Waals surface area (Å²) >= 11 is 0. The molecule has 0 spiro atoms. The van der Waals surface area contributed by atoms with E-state index < -0.39 is 11.7 Å². The number of aromatic nitrogens is 3. The van der Waals surface area contributed by atoms with Gasteiger partial charge in [0.2, 0.25) is 5.91 Å². The van der Waals surface area contributed by atoms with Crippen LogP contribution in [0.25, 0.3) is 11.3 Å². The van der Waals surface area contributed by atoms with Gasteiger partial charge in [0, 0.05) is 5.56 Å². The zero-order valence-electron chi connectivity index (χ0n) is 16.5. The molecule has 0 radical (unpaired) electrons. The first-order valence-corrected chi connectivity index (χ1v) is 9.11. The Morgan fingerprint density at radius 2 is 1.83 bits per heavy atom. The van der Waals surface area contributed by atoms with Gasteiger partial charge in [0.15, 0.2) is 0 Å². The molecule has 3 rings (SSSR count). The molecule has 0 aliphatic heterocycles. The first-order chi connectivity index (χ1) is 14.1. The third-order valence-electron chi connectivity index (χ3n) is 4.45. The van der Waals surface area contributed by atoms with E-state index in [0.717, 1.165) is 10.2 Å². The van der Waals surface area contributed by atoms with Crippen molar-refractivity contribution in [2.45, 2.75) is 19.4 Å². The van der Waals surface area contributed by atoms with Gasteiger partial charge in [-0.2, -0.15) is 10.1 Å². The van der Waals surface area contributed by atoms with Crippen molar-refractivity contribution < 1.29 is 14.3 Å². The van der Waals surface area contributed by atoms with E-state index in [9.17, 15) is 9.59 Å². The number of nitrogens with zero attached hydrogens (tertiary/aromatic N) is 3. The summed E-state index contributed by atoms with van der Waals surface area (Å²) in [6.45, 7) is 1.80. The van der Waals surface area contributed by atoms with Crippen LogP contribution in [0.3, 0.4) is 0 Å². The number of benzene rings is 2. The second-order valence-electron chi connectivity index (χ2n) is 6.21. The van der Waals surface area contributed by atoms with Crippen LogP contribution in [-0.2, 0) is 4.79 Å². The minimum Gasteiger partial charge on any atom is -0.497 e. The van der Waals surface area contributed by atoms with E-state index in [0.29, 0.717) is 29.3 Å². The van der Waals surface area contributed by atoms with Crippen LogP contribution in [0.15, 0.2) is 59.5 Å². The predicted octanol–water partition coefficient (Wildman–Crippen LogP) is 2.91. The molecule has 0 fully saturated rings. The molecule has 1 atom stereocenters. The predicted molar refractivity (Wildman–Crippen MR) is 109 cm³/mol. The Balaban J connectivity index is 1.85. The summed E-state index contributed by atoms with van der Waals surface area (Å²) < 4.78 is 11.5. The number of carbonyl (C=O) groups excluding carboxylic acids is 1. The minimum absolute atomic E-state index is 0.370. The van der Waals surface area contributed by atoms with Gasteiger partial charge in [-0.3, -0.25) is 4.79 Å². The largest absolute Gasteiger partial charge is 0.497 e. The van der Waals surface area contributed by atoms with Crippen molar-refractivity contribution in [3.63, 3.8) is 0 Å². The lowest BCUT2D eigenvalue weighted by Crippen LogP contribution is -2.36. The highest BCUT2D eigenvalue weighted by Gasteiger charge is 2.22. The molecule has 8 heteroatoms. The molecule has 0 aliphatic rings. The lowest BCUT2D eigenvalue weighted by atomic mass is 10.1. The quantitative estimate of drug-likeness (QED) is 0.662. The van der Waals surface area contributed by atoms with Crippen LogP contribution in [0.4, 0.5) is 5.69 Å². The minimum atomic E-state index is -0.801. The summed E-state index contributed by atoms with van der Waals surface area (Å²) in [5, 5.41) is 6.98. The Morgan fingerprint density at radius 1 is 1.10 bits per heavy atom. The molecule has 8 nitrogen and oxygen atoms in total. The summed E-state index contributed by atoms with van der Waals surface area (Å²) in [4.78, 5) is 29.4. The molecule has 0 aliphatic carbocycles. The van der Waals surface area contributed by atoms with Crippen molar-refractivity contribution in [1.82, 2.24) is 14.8 Å². The van der Waals surface area contributed by atoms with E-state index in [2.05, 4.69) is 15.4 Å². The number of ether oxygens (including phenoxy) is 2. The summed E-state index contributed by atoms with van der Waals surface area (Å²) in [6, 6.07) is 13.4. The molecule has 0 saturated heterocycles. The fourth-order valence-corrected chi connectivity index (χ4v) is 2.90.